The predicted molar refractivity (Wildman–Crippen MR) is 47.9 cm³/mol. The highest BCUT2D eigenvalue weighted by Crippen LogP contribution is 2.35. The summed E-state index contributed by atoms with van der Waals surface area (Å²) in [5.41, 5.74) is 5.24. The van der Waals surface area contributed by atoms with Crippen LogP contribution in [0.5, 0.6) is 5.75 Å². The largest absolute Gasteiger partial charge is 0.493 e. The number of ether oxygens (including phenoxy) is 1. The molecule has 0 saturated heterocycles. The standard InChI is InChI=1S/C7H7BrF2N2O/c1-13-3-2-12-6(7(9)10)4(8)5(3)11/h2,7H,1H3,(H2,11,12). The summed E-state index contributed by atoms with van der Waals surface area (Å²) in [6.07, 6.45) is -1.48. The Morgan fingerprint density at radius 1 is 1.62 bits per heavy atom. The van der Waals surface area contributed by atoms with E-state index in [-0.39, 0.29) is 21.6 Å². The average Bonchev–Trinajstić information content (AvgIpc) is 2.09. The Balaban J connectivity index is 3.23. The van der Waals surface area contributed by atoms with Crippen molar-refractivity contribution in [1.82, 2.24) is 4.98 Å². The maximum Gasteiger partial charge on any atom is 0.281 e. The number of nitrogens with zero attached hydrogens (tertiary/aromatic N) is 1. The van der Waals surface area contributed by atoms with E-state index in [4.69, 9.17) is 10.5 Å². The first-order valence-corrected chi connectivity index (χ1v) is 4.13. The van der Waals surface area contributed by atoms with Crippen LogP contribution in [0.1, 0.15) is 12.1 Å². The zero-order valence-electron chi connectivity index (χ0n) is 6.72. The molecule has 0 aliphatic rings. The molecule has 0 amide bonds. The van der Waals surface area contributed by atoms with Gasteiger partial charge in [0, 0.05) is 0 Å². The number of halogens is 3. The van der Waals surface area contributed by atoms with E-state index in [1.54, 1.807) is 0 Å². The van der Waals surface area contributed by atoms with Gasteiger partial charge in [0.2, 0.25) is 0 Å². The van der Waals surface area contributed by atoms with Crippen LogP contribution in [-0.4, -0.2) is 12.1 Å². The topological polar surface area (TPSA) is 48.1 Å². The van der Waals surface area contributed by atoms with Crippen LogP contribution in [0.2, 0.25) is 0 Å². The smallest absolute Gasteiger partial charge is 0.281 e. The van der Waals surface area contributed by atoms with Crippen LogP contribution in [0.4, 0.5) is 14.5 Å². The molecule has 0 aromatic carbocycles. The second-order valence-corrected chi connectivity index (χ2v) is 3.03. The number of hydrogen-bond acceptors (Lipinski definition) is 3. The summed E-state index contributed by atoms with van der Waals surface area (Å²) in [5.74, 6) is 0.274. The predicted octanol–water partition coefficient (Wildman–Crippen LogP) is 2.37. The second-order valence-electron chi connectivity index (χ2n) is 2.24. The first-order valence-electron chi connectivity index (χ1n) is 3.34. The van der Waals surface area contributed by atoms with Crippen LogP contribution in [0.3, 0.4) is 0 Å². The van der Waals surface area contributed by atoms with E-state index in [9.17, 15) is 8.78 Å². The Bertz CT molecular complexity index is 320. The number of hydrogen-bond donors (Lipinski definition) is 1. The summed E-state index contributed by atoms with van der Waals surface area (Å²) in [5, 5.41) is 0. The molecule has 1 aromatic heterocycles. The van der Waals surface area contributed by atoms with Crippen molar-refractivity contribution in [2.75, 3.05) is 12.8 Å². The van der Waals surface area contributed by atoms with Crippen molar-refractivity contribution in [3.8, 4) is 5.75 Å². The molecule has 1 heterocycles. The molecule has 0 atom stereocenters. The number of anilines is 1. The molecule has 6 heteroatoms. The first-order chi connectivity index (χ1) is 6.07. The van der Waals surface area contributed by atoms with Crippen molar-refractivity contribution in [2.45, 2.75) is 6.43 Å². The summed E-state index contributed by atoms with van der Waals surface area (Å²) < 4.78 is 29.4. The van der Waals surface area contributed by atoms with Gasteiger partial charge in [-0.15, -0.1) is 0 Å². The lowest BCUT2D eigenvalue weighted by atomic mass is 10.3. The highest BCUT2D eigenvalue weighted by atomic mass is 79.9. The number of nitrogen functional groups attached to an aromatic ring is 1. The highest BCUT2D eigenvalue weighted by Gasteiger charge is 2.17. The molecule has 3 nitrogen and oxygen atoms in total. The molecule has 2 N–H and O–H groups in total. The molecule has 72 valence electrons. The van der Waals surface area contributed by atoms with Crippen LogP contribution < -0.4 is 10.5 Å². The van der Waals surface area contributed by atoms with Crippen molar-refractivity contribution in [1.29, 1.82) is 0 Å². The lowest BCUT2D eigenvalue weighted by Gasteiger charge is -2.08. The number of alkyl halides is 2. The van der Waals surface area contributed by atoms with Gasteiger partial charge in [-0.1, -0.05) is 0 Å². The maximum absolute atomic E-state index is 12.3. The lowest BCUT2D eigenvalue weighted by molar-refractivity contribution is 0.145. The normalized spacial score (nSPS) is 10.5. The van der Waals surface area contributed by atoms with Gasteiger partial charge in [-0.3, -0.25) is 4.98 Å². The molecule has 0 aliphatic carbocycles. The molecule has 0 radical (unpaired) electrons. The minimum Gasteiger partial charge on any atom is -0.493 e. The van der Waals surface area contributed by atoms with Crippen molar-refractivity contribution in [3.63, 3.8) is 0 Å². The summed E-state index contributed by atoms with van der Waals surface area (Å²) in [6.45, 7) is 0. The summed E-state index contributed by atoms with van der Waals surface area (Å²) >= 11 is 2.92. The Morgan fingerprint density at radius 3 is 2.69 bits per heavy atom. The Labute approximate surface area is 82.0 Å². The lowest BCUT2D eigenvalue weighted by Crippen LogP contribution is -2.00. The Hall–Kier alpha value is -0.910. The van der Waals surface area contributed by atoms with E-state index in [0.29, 0.717) is 0 Å². The van der Waals surface area contributed by atoms with Gasteiger partial charge in [-0.05, 0) is 15.9 Å². The molecule has 0 aliphatic heterocycles. The van der Waals surface area contributed by atoms with Crippen molar-refractivity contribution >= 4 is 21.6 Å². The van der Waals surface area contributed by atoms with Crippen LogP contribution in [0.25, 0.3) is 0 Å². The number of aromatic nitrogens is 1. The van der Waals surface area contributed by atoms with Gasteiger partial charge in [0.15, 0.2) is 5.75 Å². The third-order valence-corrected chi connectivity index (χ3v) is 2.31. The third-order valence-electron chi connectivity index (χ3n) is 1.47. The van der Waals surface area contributed by atoms with E-state index < -0.39 is 6.43 Å². The quantitative estimate of drug-likeness (QED) is 0.880. The minimum atomic E-state index is -2.65. The first kappa shape index (κ1) is 10.2. The second kappa shape index (κ2) is 3.87. The Morgan fingerprint density at radius 2 is 2.23 bits per heavy atom. The van der Waals surface area contributed by atoms with E-state index in [1.165, 1.54) is 13.3 Å². The van der Waals surface area contributed by atoms with E-state index in [0.717, 1.165) is 0 Å². The average molecular weight is 253 g/mol. The minimum absolute atomic E-state index is 0.0850. The molecule has 0 bridgehead atoms. The zero-order valence-corrected chi connectivity index (χ0v) is 8.31. The van der Waals surface area contributed by atoms with E-state index in [1.807, 2.05) is 0 Å². The molecular formula is C7H7BrF2N2O. The highest BCUT2D eigenvalue weighted by molar-refractivity contribution is 9.10. The van der Waals surface area contributed by atoms with Gasteiger partial charge in [0.25, 0.3) is 6.43 Å². The fourth-order valence-corrected chi connectivity index (χ4v) is 1.29. The van der Waals surface area contributed by atoms with Gasteiger partial charge in [-0.2, -0.15) is 0 Å². The summed E-state index contributed by atoms with van der Waals surface area (Å²) in [6, 6.07) is 0. The molecule has 0 spiro atoms. The van der Waals surface area contributed by atoms with Gasteiger partial charge in [0.05, 0.1) is 23.5 Å². The number of methoxy groups -OCH3 is 1. The van der Waals surface area contributed by atoms with Crippen molar-refractivity contribution in [2.24, 2.45) is 0 Å². The van der Waals surface area contributed by atoms with E-state index in [2.05, 4.69) is 20.9 Å². The van der Waals surface area contributed by atoms with E-state index >= 15 is 0 Å². The summed E-state index contributed by atoms with van der Waals surface area (Å²) in [7, 11) is 1.39. The zero-order chi connectivity index (χ0) is 10.0. The SMILES string of the molecule is COc1cnc(C(F)F)c(Br)c1N. The monoisotopic (exact) mass is 252 g/mol. The van der Waals surface area contributed by atoms with Gasteiger partial charge in [-0.25, -0.2) is 8.78 Å². The van der Waals surface area contributed by atoms with Crippen LogP contribution >= 0.6 is 15.9 Å². The fraction of sp³-hybridized carbons (Fsp3) is 0.286. The van der Waals surface area contributed by atoms with Gasteiger partial charge >= 0.3 is 0 Å². The van der Waals surface area contributed by atoms with Crippen LogP contribution in [-0.2, 0) is 0 Å². The molecule has 1 rings (SSSR count). The Kier molecular flexibility index (Phi) is 3.02. The summed E-state index contributed by atoms with van der Waals surface area (Å²) in [4.78, 5) is 3.51. The molecular weight excluding hydrogens is 246 g/mol. The molecule has 0 saturated carbocycles. The van der Waals surface area contributed by atoms with Crippen molar-refractivity contribution < 1.29 is 13.5 Å². The van der Waals surface area contributed by atoms with Crippen LogP contribution in [0.15, 0.2) is 10.7 Å². The number of nitrogens with two attached hydrogens (primary N) is 1. The fourth-order valence-electron chi connectivity index (χ4n) is 0.815. The van der Waals surface area contributed by atoms with Gasteiger partial charge < -0.3 is 10.5 Å². The van der Waals surface area contributed by atoms with Crippen molar-refractivity contribution in [3.05, 3.63) is 16.4 Å². The third kappa shape index (κ3) is 1.88. The number of rotatable bonds is 2. The maximum atomic E-state index is 12.3. The van der Waals surface area contributed by atoms with Gasteiger partial charge in [0.1, 0.15) is 5.69 Å². The number of pyridine rings is 1. The van der Waals surface area contributed by atoms with Crippen LogP contribution in [0, 0.1) is 0 Å². The molecule has 1 aromatic rings. The molecule has 0 unspecified atom stereocenters. The molecule has 13 heavy (non-hydrogen) atoms. The molecule has 0 fully saturated rings.